The summed E-state index contributed by atoms with van der Waals surface area (Å²) in [6.07, 6.45) is 0.704. The summed E-state index contributed by atoms with van der Waals surface area (Å²) in [5.41, 5.74) is 1.52. The Labute approximate surface area is 97.7 Å². The van der Waals surface area contributed by atoms with Crippen LogP contribution >= 0.6 is 0 Å². The number of aryl methyl sites for hydroxylation is 1. The lowest BCUT2D eigenvalue weighted by atomic mass is 10.0. The second-order valence-corrected chi connectivity index (χ2v) is 3.80. The van der Waals surface area contributed by atoms with Crippen LogP contribution in [0.3, 0.4) is 0 Å². The van der Waals surface area contributed by atoms with Crippen molar-refractivity contribution in [1.29, 1.82) is 0 Å². The molecule has 0 aliphatic rings. The average Bonchev–Trinajstić information content (AvgIpc) is 2.36. The van der Waals surface area contributed by atoms with Crippen molar-refractivity contribution >= 4 is 6.29 Å². The molecule has 2 aromatic carbocycles. The summed E-state index contributed by atoms with van der Waals surface area (Å²) in [5, 5.41) is 0. The summed E-state index contributed by atoms with van der Waals surface area (Å²) in [4.78, 5) is 10.5. The van der Waals surface area contributed by atoms with E-state index >= 15 is 0 Å². The van der Waals surface area contributed by atoms with Gasteiger partial charge in [-0.2, -0.15) is 0 Å². The first kappa shape index (κ1) is 11.5. The van der Waals surface area contributed by atoms with Crippen molar-refractivity contribution in [2.24, 2.45) is 0 Å². The highest BCUT2D eigenvalue weighted by molar-refractivity contribution is 5.77. The quantitative estimate of drug-likeness (QED) is 0.720. The van der Waals surface area contributed by atoms with Crippen LogP contribution < -0.4 is 0 Å². The highest BCUT2D eigenvalue weighted by Gasteiger charge is 2.12. The molecule has 2 aromatic rings. The summed E-state index contributed by atoms with van der Waals surface area (Å²) in [6.45, 7) is 1.51. The minimum absolute atomic E-state index is 0.200. The van der Waals surface area contributed by atoms with E-state index in [9.17, 15) is 13.6 Å². The molecule has 0 amide bonds. The zero-order chi connectivity index (χ0) is 12.4. The van der Waals surface area contributed by atoms with Gasteiger partial charge in [0.15, 0.2) is 11.6 Å². The standard InChI is InChI=1S/C14H10F2O/c1-9-2-7-12(14(16)13(9)15)11-5-3-10(8-17)4-6-11/h2-8H,1H3. The molecule has 0 aliphatic carbocycles. The number of aldehydes is 1. The molecule has 0 fully saturated rings. The van der Waals surface area contributed by atoms with E-state index in [1.165, 1.54) is 19.1 Å². The average molecular weight is 232 g/mol. The Morgan fingerprint density at radius 1 is 0.941 bits per heavy atom. The molecule has 0 atom stereocenters. The third-order valence-electron chi connectivity index (χ3n) is 2.63. The highest BCUT2D eigenvalue weighted by Crippen LogP contribution is 2.26. The van der Waals surface area contributed by atoms with Crippen LogP contribution in [0.4, 0.5) is 8.78 Å². The van der Waals surface area contributed by atoms with Gasteiger partial charge in [-0.3, -0.25) is 4.79 Å². The van der Waals surface area contributed by atoms with Crippen LogP contribution in [0, 0.1) is 18.6 Å². The molecule has 0 radical (unpaired) electrons. The summed E-state index contributed by atoms with van der Waals surface area (Å²) >= 11 is 0. The van der Waals surface area contributed by atoms with Gasteiger partial charge < -0.3 is 0 Å². The zero-order valence-electron chi connectivity index (χ0n) is 9.21. The van der Waals surface area contributed by atoms with Gasteiger partial charge in [-0.1, -0.05) is 36.4 Å². The van der Waals surface area contributed by atoms with E-state index in [1.54, 1.807) is 24.3 Å². The van der Waals surface area contributed by atoms with Crippen molar-refractivity contribution in [3.05, 3.63) is 59.2 Å². The summed E-state index contributed by atoms with van der Waals surface area (Å²) in [6, 6.07) is 9.39. The maximum Gasteiger partial charge on any atom is 0.166 e. The number of benzene rings is 2. The van der Waals surface area contributed by atoms with Gasteiger partial charge in [-0.05, 0) is 18.1 Å². The van der Waals surface area contributed by atoms with E-state index < -0.39 is 11.6 Å². The first-order chi connectivity index (χ1) is 8.13. The van der Waals surface area contributed by atoms with Crippen LogP contribution in [-0.2, 0) is 0 Å². The van der Waals surface area contributed by atoms with Gasteiger partial charge in [0.1, 0.15) is 6.29 Å². The van der Waals surface area contributed by atoms with Crippen LogP contribution in [0.2, 0.25) is 0 Å². The molecule has 0 unspecified atom stereocenters. The van der Waals surface area contributed by atoms with Gasteiger partial charge in [0.25, 0.3) is 0 Å². The van der Waals surface area contributed by atoms with Crippen LogP contribution in [0.15, 0.2) is 36.4 Å². The lowest BCUT2D eigenvalue weighted by Crippen LogP contribution is -1.93. The van der Waals surface area contributed by atoms with Crippen molar-refractivity contribution in [2.45, 2.75) is 6.92 Å². The zero-order valence-corrected chi connectivity index (χ0v) is 9.21. The van der Waals surface area contributed by atoms with E-state index in [4.69, 9.17) is 0 Å². The van der Waals surface area contributed by atoms with Crippen molar-refractivity contribution in [2.75, 3.05) is 0 Å². The molecular weight excluding hydrogens is 222 g/mol. The molecular formula is C14H10F2O. The molecule has 0 bridgehead atoms. The fourth-order valence-corrected chi connectivity index (χ4v) is 1.61. The summed E-state index contributed by atoms with van der Waals surface area (Å²) in [7, 11) is 0. The van der Waals surface area contributed by atoms with Gasteiger partial charge in [-0.15, -0.1) is 0 Å². The fraction of sp³-hybridized carbons (Fsp3) is 0.0714. The normalized spacial score (nSPS) is 10.3. The molecule has 0 heterocycles. The van der Waals surface area contributed by atoms with E-state index in [1.807, 2.05) is 0 Å². The van der Waals surface area contributed by atoms with E-state index in [-0.39, 0.29) is 11.1 Å². The number of hydrogen-bond acceptors (Lipinski definition) is 1. The molecule has 0 aliphatic heterocycles. The third-order valence-corrected chi connectivity index (χ3v) is 2.63. The molecule has 2 rings (SSSR count). The van der Waals surface area contributed by atoms with Crippen molar-refractivity contribution in [3.8, 4) is 11.1 Å². The molecule has 3 heteroatoms. The second kappa shape index (κ2) is 4.45. The van der Waals surface area contributed by atoms with Gasteiger partial charge in [0, 0.05) is 11.1 Å². The van der Waals surface area contributed by atoms with Crippen LogP contribution in [0.5, 0.6) is 0 Å². The van der Waals surface area contributed by atoms with E-state index in [0.29, 0.717) is 17.4 Å². The predicted octanol–water partition coefficient (Wildman–Crippen LogP) is 3.75. The number of hydrogen-bond donors (Lipinski definition) is 0. The Kier molecular flexibility index (Phi) is 3.00. The SMILES string of the molecule is Cc1ccc(-c2ccc(C=O)cc2)c(F)c1F. The monoisotopic (exact) mass is 232 g/mol. The van der Waals surface area contributed by atoms with Crippen molar-refractivity contribution in [3.63, 3.8) is 0 Å². The smallest absolute Gasteiger partial charge is 0.166 e. The van der Waals surface area contributed by atoms with Crippen LogP contribution in [0.1, 0.15) is 15.9 Å². The van der Waals surface area contributed by atoms with Crippen molar-refractivity contribution in [1.82, 2.24) is 0 Å². The maximum absolute atomic E-state index is 13.7. The Morgan fingerprint density at radius 3 is 2.18 bits per heavy atom. The van der Waals surface area contributed by atoms with Crippen molar-refractivity contribution < 1.29 is 13.6 Å². The first-order valence-electron chi connectivity index (χ1n) is 5.13. The molecule has 1 nitrogen and oxygen atoms in total. The number of halogens is 2. The van der Waals surface area contributed by atoms with Gasteiger partial charge in [0.05, 0.1) is 0 Å². The van der Waals surface area contributed by atoms with Crippen LogP contribution in [0.25, 0.3) is 11.1 Å². The Hall–Kier alpha value is -2.03. The molecule has 0 saturated heterocycles. The summed E-state index contributed by atoms with van der Waals surface area (Å²) < 4.78 is 27.1. The topological polar surface area (TPSA) is 17.1 Å². The minimum atomic E-state index is -0.858. The molecule has 0 N–H and O–H groups in total. The molecule has 0 spiro atoms. The number of carbonyl (C=O) groups is 1. The highest BCUT2D eigenvalue weighted by atomic mass is 19.2. The first-order valence-corrected chi connectivity index (χ1v) is 5.13. The van der Waals surface area contributed by atoms with Gasteiger partial charge in [-0.25, -0.2) is 8.78 Å². The van der Waals surface area contributed by atoms with E-state index in [0.717, 1.165) is 0 Å². The molecule has 0 saturated carbocycles. The lowest BCUT2D eigenvalue weighted by molar-refractivity contribution is 0.112. The number of carbonyl (C=O) groups excluding carboxylic acids is 1. The fourth-order valence-electron chi connectivity index (χ4n) is 1.61. The predicted molar refractivity (Wildman–Crippen MR) is 61.9 cm³/mol. The second-order valence-electron chi connectivity index (χ2n) is 3.80. The lowest BCUT2D eigenvalue weighted by Gasteiger charge is -2.06. The maximum atomic E-state index is 13.7. The summed E-state index contributed by atoms with van der Waals surface area (Å²) in [5.74, 6) is -1.69. The van der Waals surface area contributed by atoms with Gasteiger partial charge >= 0.3 is 0 Å². The van der Waals surface area contributed by atoms with E-state index in [2.05, 4.69) is 0 Å². The van der Waals surface area contributed by atoms with Gasteiger partial charge in [0.2, 0.25) is 0 Å². The minimum Gasteiger partial charge on any atom is -0.298 e. The molecule has 0 aromatic heterocycles. The Bertz CT molecular complexity index is 559. The third kappa shape index (κ3) is 2.09. The van der Waals surface area contributed by atoms with Crippen LogP contribution in [-0.4, -0.2) is 6.29 Å². The Morgan fingerprint density at radius 2 is 1.59 bits per heavy atom. The largest absolute Gasteiger partial charge is 0.298 e. The molecule has 86 valence electrons. The number of rotatable bonds is 2. The molecule has 17 heavy (non-hydrogen) atoms. The Balaban J connectivity index is 2.53.